The lowest BCUT2D eigenvalue weighted by Crippen LogP contribution is -2.51. The molecule has 3 heterocycles. The summed E-state index contributed by atoms with van der Waals surface area (Å²) in [6.45, 7) is 8.16. The van der Waals surface area contributed by atoms with Crippen LogP contribution in [0, 0.1) is 0 Å². The summed E-state index contributed by atoms with van der Waals surface area (Å²) in [6, 6.07) is 18.6. The molecular formula is C24H28N4. The summed E-state index contributed by atoms with van der Waals surface area (Å²) in [4.78, 5) is 6.34. The molecule has 1 unspecified atom stereocenters. The van der Waals surface area contributed by atoms with Gasteiger partial charge in [0.05, 0.1) is 12.1 Å². The Morgan fingerprint density at radius 3 is 2.68 bits per heavy atom. The number of fused-ring (bicyclic) bond motifs is 3. The topological polar surface area (TPSA) is 43.1 Å². The summed E-state index contributed by atoms with van der Waals surface area (Å²) < 4.78 is 0. The third kappa shape index (κ3) is 3.13. The highest BCUT2D eigenvalue weighted by molar-refractivity contribution is 5.85. The molecule has 0 bridgehead atoms. The van der Waals surface area contributed by atoms with E-state index in [2.05, 4.69) is 75.6 Å². The van der Waals surface area contributed by atoms with Crippen LogP contribution in [0.25, 0.3) is 10.9 Å². The van der Waals surface area contributed by atoms with Crippen molar-refractivity contribution >= 4 is 16.6 Å². The first-order valence-corrected chi connectivity index (χ1v) is 10.3. The molecule has 1 atom stereocenters. The second-order valence-corrected chi connectivity index (χ2v) is 7.95. The first kappa shape index (κ1) is 17.5. The highest BCUT2D eigenvalue weighted by Crippen LogP contribution is 2.38. The summed E-state index contributed by atoms with van der Waals surface area (Å²) >= 11 is 0. The van der Waals surface area contributed by atoms with Gasteiger partial charge in [0.1, 0.15) is 0 Å². The third-order valence-electron chi connectivity index (χ3n) is 6.13. The van der Waals surface area contributed by atoms with Gasteiger partial charge >= 0.3 is 0 Å². The molecule has 3 N–H and O–H groups in total. The van der Waals surface area contributed by atoms with Crippen molar-refractivity contribution in [3.8, 4) is 0 Å². The molecule has 1 saturated heterocycles. The van der Waals surface area contributed by atoms with Gasteiger partial charge in [0, 0.05) is 48.5 Å². The normalized spacial score (nSPS) is 19.9. The summed E-state index contributed by atoms with van der Waals surface area (Å²) in [5.41, 5.74) is 6.66. The van der Waals surface area contributed by atoms with Crippen molar-refractivity contribution < 1.29 is 0 Å². The van der Waals surface area contributed by atoms with Crippen LogP contribution in [0.15, 0.2) is 61.2 Å². The summed E-state index contributed by atoms with van der Waals surface area (Å²) in [7, 11) is 0. The van der Waals surface area contributed by atoms with Crippen LogP contribution in [0.1, 0.15) is 29.3 Å². The van der Waals surface area contributed by atoms with Crippen molar-refractivity contribution in [2.24, 2.45) is 0 Å². The molecule has 0 amide bonds. The standard InChI is InChI=1S/C24H28N4/c1-2-3-13-28-14-12-21-20-6-4-5-7-22(20)27-23(21)24(28)17-8-10-18(11-9-17)26-19-15-25-16-19/h2,4-11,19,24-27H,1,3,12-16H2. The highest BCUT2D eigenvalue weighted by atomic mass is 15.2. The Morgan fingerprint density at radius 1 is 1.11 bits per heavy atom. The zero-order valence-corrected chi connectivity index (χ0v) is 16.2. The molecule has 0 radical (unpaired) electrons. The predicted octanol–water partition coefficient (Wildman–Crippen LogP) is 4.08. The van der Waals surface area contributed by atoms with Gasteiger partial charge in [-0.25, -0.2) is 0 Å². The van der Waals surface area contributed by atoms with Crippen LogP contribution in [0.3, 0.4) is 0 Å². The fraction of sp³-hybridized carbons (Fsp3) is 0.333. The number of aromatic amines is 1. The maximum Gasteiger partial charge on any atom is 0.0757 e. The Bertz CT molecular complexity index is 968. The van der Waals surface area contributed by atoms with Crippen molar-refractivity contribution in [3.05, 3.63) is 78.0 Å². The molecule has 144 valence electrons. The Balaban J connectivity index is 1.50. The molecule has 3 aromatic rings. The summed E-state index contributed by atoms with van der Waals surface area (Å²) in [5, 5.41) is 8.29. The number of anilines is 1. The van der Waals surface area contributed by atoms with E-state index in [0.29, 0.717) is 6.04 Å². The van der Waals surface area contributed by atoms with Gasteiger partial charge in [-0.1, -0.05) is 36.4 Å². The average molecular weight is 373 g/mol. The fourth-order valence-corrected chi connectivity index (χ4v) is 4.55. The van der Waals surface area contributed by atoms with Gasteiger partial charge < -0.3 is 15.6 Å². The van der Waals surface area contributed by atoms with E-state index in [9.17, 15) is 0 Å². The number of nitrogens with zero attached hydrogens (tertiary/aromatic N) is 1. The van der Waals surface area contributed by atoms with Gasteiger partial charge in [-0.15, -0.1) is 6.58 Å². The molecule has 4 nitrogen and oxygen atoms in total. The molecule has 0 aliphatic carbocycles. The van der Waals surface area contributed by atoms with E-state index < -0.39 is 0 Å². The Kier molecular flexibility index (Phi) is 4.67. The molecule has 0 saturated carbocycles. The first-order valence-electron chi connectivity index (χ1n) is 10.3. The number of hydrogen-bond donors (Lipinski definition) is 3. The SMILES string of the molecule is C=CCCN1CCc2c([nH]c3ccccc23)C1c1ccc(NC2CNC2)cc1. The van der Waals surface area contributed by atoms with Gasteiger partial charge in [0.25, 0.3) is 0 Å². The molecule has 2 aliphatic heterocycles. The lowest BCUT2D eigenvalue weighted by Gasteiger charge is -2.36. The van der Waals surface area contributed by atoms with E-state index >= 15 is 0 Å². The number of aromatic nitrogens is 1. The van der Waals surface area contributed by atoms with E-state index in [4.69, 9.17) is 0 Å². The molecule has 1 aromatic heterocycles. The maximum atomic E-state index is 3.93. The first-order chi connectivity index (χ1) is 13.8. The highest BCUT2D eigenvalue weighted by Gasteiger charge is 2.31. The van der Waals surface area contributed by atoms with Gasteiger partial charge in [0.15, 0.2) is 0 Å². The summed E-state index contributed by atoms with van der Waals surface area (Å²) in [5.74, 6) is 0. The van der Waals surface area contributed by atoms with Crippen LogP contribution >= 0.6 is 0 Å². The Hall–Kier alpha value is -2.56. The minimum absolute atomic E-state index is 0.274. The third-order valence-corrected chi connectivity index (χ3v) is 6.13. The molecule has 2 aromatic carbocycles. The largest absolute Gasteiger partial charge is 0.380 e. The van der Waals surface area contributed by atoms with E-state index in [0.717, 1.165) is 39.0 Å². The fourth-order valence-electron chi connectivity index (χ4n) is 4.55. The summed E-state index contributed by atoms with van der Waals surface area (Å²) in [6.07, 6.45) is 4.14. The van der Waals surface area contributed by atoms with Crippen molar-refractivity contribution in [2.75, 3.05) is 31.5 Å². The molecule has 28 heavy (non-hydrogen) atoms. The van der Waals surface area contributed by atoms with E-state index in [1.165, 1.54) is 33.4 Å². The van der Waals surface area contributed by atoms with Crippen molar-refractivity contribution in [1.82, 2.24) is 15.2 Å². The second kappa shape index (κ2) is 7.46. The zero-order chi connectivity index (χ0) is 18.9. The molecule has 4 heteroatoms. The van der Waals surface area contributed by atoms with E-state index in [1.54, 1.807) is 0 Å². The molecule has 1 fully saturated rings. The van der Waals surface area contributed by atoms with E-state index in [-0.39, 0.29) is 6.04 Å². The number of H-pyrrole nitrogens is 1. The Morgan fingerprint density at radius 2 is 1.93 bits per heavy atom. The molecule has 0 spiro atoms. The quantitative estimate of drug-likeness (QED) is 0.571. The monoisotopic (exact) mass is 372 g/mol. The number of hydrogen-bond acceptors (Lipinski definition) is 3. The number of nitrogens with one attached hydrogen (secondary N) is 3. The lowest BCUT2D eigenvalue weighted by atomic mass is 9.92. The van der Waals surface area contributed by atoms with Crippen LogP contribution in [0.5, 0.6) is 0 Å². The number of para-hydroxylation sites is 1. The average Bonchev–Trinajstić information content (AvgIpc) is 3.08. The van der Waals surface area contributed by atoms with E-state index in [1.807, 2.05) is 6.08 Å². The minimum Gasteiger partial charge on any atom is -0.380 e. The van der Waals surface area contributed by atoms with Gasteiger partial charge in [-0.3, -0.25) is 4.90 Å². The van der Waals surface area contributed by atoms with Crippen LogP contribution in [0.2, 0.25) is 0 Å². The zero-order valence-electron chi connectivity index (χ0n) is 16.2. The Labute approximate surface area is 166 Å². The number of benzene rings is 2. The van der Waals surface area contributed by atoms with Crippen molar-refractivity contribution in [3.63, 3.8) is 0 Å². The van der Waals surface area contributed by atoms with Gasteiger partial charge in [-0.2, -0.15) is 0 Å². The molecule has 2 aliphatic rings. The molecule has 5 rings (SSSR count). The minimum atomic E-state index is 0.274. The lowest BCUT2D eigenvalue weighted by molar-refractivity contribution is 0.215. The smallest absolute Gasteiger partial charge is 0.0757 e. The van der Waals surface area contributed by atoms with Gasteiger partial charge in [-0.05, 0) is 42.2 Å². The van der Waals surface area contributed by atoms with Crippen LogP contribution in [-0.2, 0) is 6.42 Å². The van der Waals surface area contributed by atoms with Crippen LogP contribution in [-0.4, -0.2) is 42.1 Å². The maximum absolute atomic E-state index is 3.93. The van der Waals surface area contributed by atoms with Crippen molar-refractivity contribution in [2.45, 2.75) is 24.9 Å². The number of rotatable bonds is 6. The van der Waals surface area contributed by atoms with Crippen molar-refractivity contribution in [1.29, 1.82) is 0 Å². The van der Waals surface area contributed by atoms with Crippen LogP contribution < -0.4 is 10.6 Å². The second-order valence-electron chi connectivity index (χ2n) is 7.95. The van der Waals surface area contributed by atoms with Crippen LogP contribution in [0.4, 0.5) is 5.69 Å². The molecular weight excluding hydrogens is 344 g/mol. The van der Waals surface area contributed by atoms with Gasteiger partial charge in [0.2, 0.25) is 0 Å². The predicted molar refractivity (Wildman–Crippen MR) is 117 cm³/mol.